The van der Waals surface area contributed by atoms with Crippen molar-refractivity contribution in [1.82, 2.24) is 0 Å². The summed E-state index contributed by atoms with van der Waals surface area (Å²) in [6, 6.07) is 7.91. The van der Waals surface area contributed by atoms with Crippen LogP contribution in [0.5, 0.6) is 11.5 Å². The van der Waals surface area contributed by atoms with Crippen LogP contribution in [0.25, 0.3) is 20.9 Å². The molecule has 1 aliphatic rings. The van der Waals surface area contributed by atoms with E-state index in [2.05, 4.69) is 6.07 Å². The molecule has 4 N–H and O–H groups in total. The molecule has 3 aromatic rings. The zero-order chi connectivity index (χ0) is 16.8. The second-order valence-corrected chi connectivity index (χ2v) is 8.87. The molecule has 0 saturated carbocycles. The van der Waals surface area contributed by atoms with Crippen LogP contribution in [0.2, 0.25) is 0 Å². The topological polar surface area (TPSA) is 70.1 Å². The average Bonchev–Trinajstić information content (AvgIpc) is 3.12. The lowest BCUT2D eigenvalue weighted by Crippen LogP contribution is -2.36. The minimum absolute atomic E-state index is 0.791. The van der Waals surface area contributed by atoms with Crippen molar-refractivity contribution in [3.8, 4) is 22.6 Å². The number of benzene rings is 1. The first-order chi connectivity index (χ1) is 11.6. The van der Waals surface area contributed by atoms with Crippen LogP contribution >= 0.6 is 31.3 Å². The number of thioether (sulfide) groups is 1. The lowest BCUT2D eigenvalue weighted by molar-refractivity contribution is -0.110. The van der Waals surface area contributed by atoms with Crippen LogP contribution in [0, 0.1) is 0 Å². The first kappa shape index (κ1) is 15.8. The molecule has 0 radical (unpaired) electrons. The lowest BCUT2D eigenvalue weighted by Gasteiger charge is -2.16. The van der Waals surface area contributed by atoms with Crippen LogP contribution in [-0.2, 0) is 6.42 Å². The Labute approximate surface area is 149 Å². The molecule has 1 aromatic carbocycles. The van der Waals surface area contributed by atoms with Crippen molar-refractivity contribution in [3.05, 3.63) is 29.6 Å². The highest BCUT2D eigenvalue weighted by Crippen LogP contribution is 2.54. The van der Waals surface area contributed by atoms with Gasteiger partial charge in [0.1, 0.15) is 11.5 Å². The van der Waals surface area contributed by atoms with Crippen molar-refractivity contribution in [1.29, 1.82) is 0 Å². The van der Waals surface area contributed by atoms with Crippen LogP contribution in [0.15, 0.2) is 29.2 Å². The van der Waals surface area contributed by atoms with Crippen molar-refractivity contribution in [3.63, 3.8) is 0 Å². The van der Waals surface area contributed by atoms with Gasteiger partial charge >= 0.3 is 0 Å². The zero-order valence-corrected chi connectivity index (χ0v) is 15.8. The predicted molar refractivity (Wildman–Crippen MR) is 104 cm³/mol. The summed E-state index contributed by atoms with van der Waals surface area (Å²) in [5, 5.41) is 10.5. The van der Waals surface area contributed by atoms with Crippen LogP contribution in [0.4, 0.5) is 5.00 Å². The van der Waals surface area contributed by atoms with E-state index in [1.54, 1.807) is 37.3 Å². The smallest absolute Gasteiger partial charge is 0.217 e. The Morgan fingerprint density at radius 3 is 2.54 bits per heavy atom. The largest absolute Gasteiger partial charge is 0.496 e. The monoisotopic (exact) mass is 375 g/mol. The van der Waals surface area contributed by atoms with Gasteiger partial charge in [-0.15, -0.1) is 11.3 Å². The number of rotatable bonds is 3. The molecule has 0 fully saturated rings. The molecule has 3 heterocycles. The minimum Gasteiger partial charge on any atom is -0.496 e. The number of nitrogen functional groups attached to an aromatic ring is 1. The molecule has 24 heavy (non-hydrogen) atoms. The lowest BCUT2D eigenvalue weighted by atomic mass is 10.0. The highest BCUT2D eigenvalue weighted by molar-refractivity contribution is 8.14. The van der Waals surface area contributed by atoms with Crippen molar-refractivity contribution in [2.45, 2.75) is 11.3 Å². The molecule has 0 amide bonds. The van der Waals surface area contributed by atoms with E-state index in [0.29, 0.717) is 0 Å². The van der Waals surface area contributed by atoms with E-state index in [1.807, 2.05) is 18.2 Å². The molecular formula is C17H16N2O2PS2+. The van der Waals surface area contributed by atoms with E-state index < -0.39 is 0 Å². The van der Waals surface area contributed by atoms with E-state index in [0.717, 1.165) is 39.1 Å². The minimum atomic E-state index is 0.791. The molecule has 0 aliphatic carbocycles. The van der Waals surface area contributed by atoms with Crippen molar-refractivity contribution >= 4 is 51.2 Å². The second-order valence-electron chi connectivity index (χ2n) is 5.41. The summed E-state index contributed by atoms with van der Waals surface area (Å²) in [6.45, 7) is 0. The molecule has 0 saturated heterocycles. The number of thiophene rings is 1. The molecule has 122 valence electrons. The molecular weight excluding hydrogens is 359 g/mol. The van der Waals surface area contributed by atoms with Gasteiger partial charge < -0.3 is 15.2 Å². The molecule has 4 rings (SSSR count). The maximum atomic E-state index is 6.15. The Bertz CT molecular complexity index is 962. The third kappa shape index (κ3) is 2.37. The molecule has 7 heteroatoms. The number of methoxy groups -OCH3 is 2. The summed E-state index contributed by atoms with van der Waals surface area (Å²) in [6.07, 6.45) is 0.817. The fraction of sp³-hybridized carbons (Fsp3) is 0.176. The third-order valence-corrected chi connectivity index (χ3v) is 7.55. The van der Waals surface area contributed by atoms with Gasteiger partial charge in [-0.1, -0.05) is 14.3 Å². The summed E-state index contributed by atoms with van der Waals surface area (Å²) in [5.41, 5.74) is 8.19. The van der Waals surface area contributed by atoms with Gasteiger partial charge in [0.15, 0.2) is 0 Å². The van der Waals surface area contributed by atoms with Gasteiger partial charge in [-0.2, -0.15) is 0 Å². The Morgan fingerprint density at radius 2 is 1.88 bits per heavy atom. The highest BCUT2D eigenvalue weighted by Gasteiger charge is 2.30. The maximum absolute atomic E-state index is 6.15. The van der Waals surface area contributed by atoms with Gasteiger partial charge in [0.25, 0.3) is 0 Å². The van der Waals surface area contributed by atoms with E-state index in [-0.39, 0.29) is 0 Å². The Morgan fingerprint density at radius 1 is 1.17 bits per heavy atom. The molecule has 4 nitrogen and oxygen atoms in total. The Balaban J connectivity index is 2.15. The quantitative estimate of drug-likeness (QED) is 0.734. The average molecular weight is 375 g/mol. The molecule has 2 aromatic heterocycles. The summed E-state index contributed by atoms with van der Waals surface area (Å²) in [5.74, 6) is 1.58. The Kier molecular flexibility index (Phi) is 3.91. The molecule has 0 spiro atoms. The van der Waals surface area contributed by atoms with Gasteiger partial charge in [0.2, 0.25) is 5.04 Å². The van der Waals surface area contributed by atoms with Gasteiger partial charge in [0.05, 0.1) is 35.9 Å². The number of nitrogens with two attached hydrogens (primary N) is 2. The standard InChI is InChI=1S/C17H15N2O2PS2/c1-20-8-4-3-5-9(21-2)14(8)15-16-10(6-12(18)23-16)22-11-7-13(19)24-17(11)15/h3-6,19H,7,18H2,1-2H3/p+1. The van der Waals surface area contributed by atoms with Crippen molar-refractivity contribution in [2.75, 3.05) is 20.0 Å². The third-order valence-electron chi connectivity index (χ3n) is 3.96. The SMILES string of the molecule is COc1cccc(OC)c1-c1c2c(pc3cc(N)sc13)CC(=[NH2+])S2. The number of anilines is 1. The summed E-state index contributed by atoms with van der Waals surface area (Å²) in [7, 11) is 4.56. The van der Waals surface area contributed by atoms with Gasteiger partial charge in [-0.25, -0.2) is 0 Å². The summed E-state index contributed by atoms with van der Waals surface area (Å²) >= 11 is 3.26. The number of fused-ring (bicyclic) bond motifs is 2. The first-order valence-electron chi connectivity index (χ1n) is 7.34. The molecule has 0 unspecified atom stereocenters. The van der Waals surface area contributed by atoms with E-state index in [9.17, 15) is 0 Å². The van der Waals surface area contributed by atoms with Crippen LogP contribution in [0.3, 0.4) is 0 Å². The first-order valence-corrected chi connectivity index (χ1v) is 9.87. The molecule has 0 atom stereocenters. The van der Waals surface area contributed by atoms with Crippen molar-refractivity contribution < 1.29 is 14.9 Å². The maximum Gasteiger partial charge on any atom is 0.217 e. The number of hydrogen-bond acceptors (Lipinski definition) is 5. The zero-order valence-electron chi connectivity index (χ0n) is 13.3. The van der Waals surface area contributed by atoms with E-state index in [1.165, 1.54) is 28.2 Å². The van der Waals surface area contributed by atoms with E-state index in [4.69, 9.17) is 20.6 Å². The van der Waals surface area contributed by atoms with Crippen LogP contribution < -0.4 is 20.6 Å². The fourth-order valence-electron chi connectivity index (χ4n) is 2.99. The highest BCUT2D eigenvalue weighted by atomic mass is 32.2. The van der Waals surface area contributed by atoms with Crippen LogP contribution in [-0.4, -0.2) is 19.3 Å². The number of hydrogen-bond donors (Lipinski definition) is 2. The van der Waals surface area contributed by atoms with Crippen LogP contribution in [0.1, 0.15) is 5.30 Å². The fourth-order valence-corrected chi connectivity index (χ4v) is 6.83. The van der Waals surface area contributed by atoms with Gasteiger partial charge in [-0.05, 0) is 30.0 Å². The van der Waals surface area contributed by atoms with E-state index >= 15 is 0 Å². The molecule has 0 bridgehead atoms. The molecule has 1 aliphatic heterocycles. The summed E-state index contributed by atoms with van der Waals surface area (Å²) in [4.78, 5) is 1.21. The van der Waals surface area contributed by atoms with Crippen molar-refractivity contribution in [2.24, 2.45) is 0 Å². The summed E-state index contributed by atoms with van der Waals surface area (Å²) < 4.78 is 12.5. The number of ether oxygens (including phenoxy) is 2. The second kappa shape index (κ2) is 5.96. The Hall–Kier alpha value is -1.75. The van der Waals surface area contributed by atoms with Gasteiger partial charge in [0, 0.05) is 20.9 Å². The van der Waals surface area contributed by atoms with Gasteiger partial charge in [-0.3, -0.25) is 5.41 Å². The normalized spacial score (nSPS) is 13.7. The predicted octanol–water partition coefficient (Wildman–Crippen LogP) is 3.55.